The van der Waals surface area contributed by atoms with Gasteiger partial charge in [0.15, 0.2) is 12.1 Å². The summed E-state index contributed by atoms with van der Waals surface area (Å²) >= 11 is 0. The number of carbonyl (C=O) groups excluding carboxylic acids is 4. The lowest BCUT2D eigenvalue weighted by Crippen LogP contribution is -3.00. The van der Waals surface area contributed by atoms with Crippen molar-refractivity contribution in [2.24, 2.45) is 0 Å². The zero-order valence-electron chi connectivity index (χ0n) is 18.1. The third kappa shape index (κ3) is 9.92. The van der Waals surface area contributed by atoms with Gasteiger partial charge in [0.2, 0.25) is 0 Å². The van der Waals surface area contributed by atoms with Crippen LogP contribution in [0.1, 0.15) is 25.7 Å². The average Bonchev–Trinajstić information content (AvgIpc) is 3.47. The van der Waals surface area contributed by atoms with Crippen LogP contribution in [0.25, 0.3) is 0 Å². The normalized spacial score (nSPS) is 21.3. The van der Waals surface area contributed by atoms with Gasteiger partial charge < -0.3 is 55.6 Å². The molecule has 10 nitrogen and oxygen atoms in total. The van der Waals surface area contributed by atoms with E-state index in [1.54, 1.807) is 0 Å². The predicted molar refractivity (Wildman–Crippen MR) is 112 cm³/mol. The summed E-state index contributed by atoms with van der Waals surface area (Å²) in [6.07, 6.45) is 3.54. The number of esters is 2. The SMILES string of the molecule is COC(=O)[C@H](CSSC[C@H](NC(=O)[C@@H]1CCC[NH2+]1)C(=O)OC)NC(=O)[C@@H]1CCC[NH2+]1.[Cl-].[Cl-]. The Kier molecular flexibility index (Phi) is 16.2. The predicted octanol–water partition coefficient (Wildman–Crippen LogP) is -8.86. The number of nitrogens with one attached hydrogen (secondary N) is 2. The van der Waals surface area contributed by atoms with Gasteiger partial charge in [-0.25, -0.2) is 9.59 Å². The van der Waals surface area contributed by atoms with Crippen molar-refractivity contribution in [3.8, 4) is 0 Å². The molecule has 2 aliphatic heterocycles. The lowest BCUT2D eigenvalue weighted by Gasteiger charge is -2.19. The van der Waals surface area contributed by atoms with Crippen LogP contribution in [-0.2, 0) is 28.7 Å². The lowest BCUT2D eigenvalue weighted by molar-refractivity contribution is -0.657. The summed E-state index contributed by atoms with van der Waals surface area (Å²) in [6, 6.07) is -1.87. The molecule has 6 N–H and O–H groups in total. The third-order valence-electron chi connectivity index (χ3n) is 5.17. The van der Waals surface area contributed by atoms with E-state index in [2.05, 4.69) is 10.6 Å². The Labute approximate surface area is 208 Å². The Bertz CT molecular complexity index is 570. The van der Waals surface area contributed by atoms with Crippen LogP contribution in [0.5, 0.6) is 0 Å². The van der Waals surface area contributed by atoms with Crippen LogP contribution < -0.4 is 46.1 Å². The summed E-state index contributed by atoms with van der Waals surface area (Å²) in [5.41, 5.74) is 0. The van der Waals surface area contributed by atoms with Crippen molar-refractivity contribution in [2.75, 3.05) is 38.8 Å². The number of nitrogens with two attached hydrogens (primary N) is 2. The highest BCUT2D eigenvalue weighted by molar-refractivity contribution is 8.76. The van der Waals surface area contributed by atoms with Gasteiger partial charge in [-0.15, -0.1) is 0 Å². The van der Waals surface area contributed by atoms with Gasteiger partial charge >= 0.3 is 11.9 Å². The first-order chi connectivity index (χ1) is 14.5. The third-order valence-corrected chi connectivity index (χ3v) is 7.59. The van der Waals surface area contributed by atoms with Crippen LogP contribution in [0.15, 0.2) is 0 Å². The number of carbonyl (C=O) groups is 4. The molecule has 0 radical (unpaired) electrons. The summed E-state index contributed by atoms with van der Waals surface area (Å²) in [5, 5.41) is 9.45. The molecule has 2 fully saturated rings. The maximum atomic E-state index is 12.3. The second-order valence-electron chi connectivity index (χ2n) is 7.28. The Morgan fingerprint density at radius 2 is 1.19 bits per heavy atom. The number of quaternary nitrogens is 2. The molecule has 4 atom stereocenters. The quantitative estimate of drug-likeness (QED) is 0.116. The largest absolute Gasteiger partial charge is 1.00 e. The molecule has 186 valence electrons. The molecule has 0 aromatic rings. The van der Waals surface area contributed by atoms with Gasteiger partial charge in [-0.1, -0.05) is 21.6 Å². The van der Waals surface area contributed by atoms with Gasteiger partial charge in [-0.2, -0.15) is 0 Å². The van der Waals surface area contributed by atoms with Crippen molar-refractivity contribution in [2.45, 2.75) is 49.9 Å². The number of methoxy groups -OCH3 is 2. The van der Waals surface area contributed by atoms with E-state index >= 15 is 0 Å². The Morgan fingerprint density at radius 3 is 1.47 bits per heavy atom. The molecule has 0 unspecified atom stereocenters. The van der Waals surface area contributed by atoms with Gasteiger partial charge in [0.1, 0.15) is 12.1 Å². The van der Waals surface area contributed by atoms with Crippen molar-refractivity contribution in [3.05, 3.63) is 0 Å². The first-order valence-corrected chi connectivity index (χ1v) is 12.6. The molecule has 2 saturated heterocycles. The second-order valence-corrected chi connectivity index (χ2v) is 9.84. The monoisotopic (exact) mass is 534 g/mol. The molecule has 0 saturated carbocycles. The van der Waals surface area contributed by atoms with Gasteiger partial charge in [0, 0.05) is 37.2 Å². The van der Waals surface area contributed by atoms with E-state index in [-0.39, 0.29) is 60.2 Å². The molecular weight excluding hydrogens is 503 g/mol. The summed E-state index contributed by atoms with van der Waals surface area (Å²) in [6.45, 7) is 1.82. The van der Waals surface area contributed by atoms with Crippen molar-refractivity contribution < 1.29 is 64.1 Å². The Hall–Kier alpha value is -0.920. The smallest absolute Gasteiger partial charge is 0.329 e. The minimum absolute atomic E-state index is 0. The molecular formula is C18H32Cl2N4O6S2. The van der Waals surface area contributed by atoms with Crippen molar-refractivity contribution >= 4 is 45.3 Å². The Morgan fingerprint density at radius 1 is 0.812 bits per heavy atom. The first kappa shape index (κ1) is 31.1. The maximum Gasteiger partial charge on any atom is 0.329 e. The van der Waals surface area contributed by atoms with Crippen LogP contribution in [0.4, 0.5) is 0 Å². The summed E-state index contributed by atoms with van der Waals surface area (Å²) in [5.74, 6) is -0.780. The van der Waals surface area contributed by atoms with E-state index in [9.17, 15) is 19.2 Å². The van der Waals surface area contributed by atoms with Crippen molar-refractivity contribution in [1.29, 1.82) is 0 Å². The zero-order valence-corrected chi connectivity index (χ0v) is 21.3. The van der Waals surface area contributed by atoms with Crippen LogP contribution in [0.3, 0.4) is 0 Å². The van der Waals surface area contributed by atoms with Crippen LogP contribution in [-0.4, -0.2) is 86.7 Å². The summed E-state index contributed by atoms with van der Waals surface area (Å²) in [7, 11) is 5.22. The minimum Gasteiger partial charge on any atom is -1.00 e. The van der Waals surface area contributed by atoms with E-state index in [4.69, 9.17) is 9.47 Å². The van der Waals surface area contributed by atoms with Crippen molar-refractivity contribution in [1.82, 2.24) is 10.6 Å². The first-order valence-electron chi connectivity index (χ1n) is 10.1. The number of rotatable bonds is 11. The van der Waals surface area contributed by atoms with Crippen LogP contribution in [0, 0.1) is 0 Å². The molecule has 0 aromatic heterocycles. The molecule has 2 heterocycles. The highest BCUT2D eigenvalue weighted by atomic mass is 35.5. The number of amides is 2. The minimum atomic E-state index is -0.770. The maximum absolute atomic E-state index is 12.3. The summed E-state index contributed by atoms with van der Waals surface area (Å²) < 4.78 is 9.60. The molecule has 2 aliphatic rings. The lowest BCUT2D eigenvalue weighted by atomic mass is 10.2. The number of halogens is 2. The Balaban J connectivity index is 0.00000480. The molecule has 2 amide bonds. The summed E-state index contributed by atoms with van der Waals surface area (Å²) in [4.78, 5) is 48.7. The fraction of sp³-hybridized carbons (Fsp3) is 0.778. The molecule has 0 aromatic carbocycles. The van der Waals surface area contributed by atoms with E-state index in [1.165, 1.54) is 35.8 Å². The van der Waals surface area contributed by atoms with Gasteiger partial charge in [0.25, 0.3) is 11.8 Å². The molecule has 0 spiro atoms. The number of hydrogen-bond acceptors (Lipinski definition) is 8. The molecule has 2 rings (SSSR count). The van der Waals surface area contributed by atoms with E-state index in [0.717, 1.165) is 38.8 Å². The number of hydrogen-bond donors (Lipinski definition) is 4. The fourth-order valence-corrected chi connectivity index (χ4v) is 5.73. The number of ether oxygens (including phenoxy) is 2. The van der Waals surface area contributed by atoms with E-state index in [0.29, 0.717) is 0 Å². The van der Waals surface area contributed by atoms with E-state index < -0.39 is 24.0 Å². The molecule has 14 heteroatoms. The zero-order chi connectivity index (χ0) is 21.9. The van der Waals surface area contributed by atoms with Crippen LogP contribution in [0.2, 0.25) is 0 Å². The standard InChI is InChI=1S/C18H30N4O6S2.2ClH/c1-27-17(25)13(21-15(23)11-5-3-7-19-11)9-29-30-10-14(18(26)28-2)22-16(24)12-6-4-8-20-12;;/h11-14,19-20H,3-10H2,1-2H3,(H,21,23)(H,22,24);2*1H/t11-,12-,13-,14-;;/m0../s1. The topological polar surface area (TPSA) is 144 Å². The van der Waals surface area contributed by atoms with Crippen molar-refractivity contribution in [3.63, 3.8) is 0 Å². The van der Waals surface area contributed by atoms with E-state index in [1.807, 2.05) is 10.6 Å². The van der Waals surface area contributed by atoms with Crippen LogP contribution >= 0.6 is 21.6 Å². The van der Waals surface area contributed by atoms with Gasteiger partial charge in [0.05, 0.1) is 27.3 Å². The molecule has 32 heavy (non-hydrogen) atoms. The van der Waals surface area contributed by atoms with Gasteiger partial charge in [-0.05, 0) is 0 Å². The molecule has 0 aliphatic carbocycles. The fourth-order valence-electron chi connectivity index (χ4n) is 3.44. The second kappa shape index (κ2) is 16.7. The highest BCUT2D eigenvalue weighted by Crippen LogP contribution is 2.23. The average molecular weight is 536 g/mol. The highest BCUT2D eigenvalue weighted by Gasteiger charge is 2.32. The molecule has 0 bridgehead atoms. The van der Waals surface area contributed by atoms with Gasteiger partial charge in [-0.3, -0.25) is 9.59 Å².